The smallest absolute Gasteiger partial charge is 0.343 e. The van der Waals surface area contributed by atoms with Gasteiger partial charge in [-0.2, -0.15) is 9.46 Å². The van der Waals surface area contributed by atoms with Crippen molar-refractivity contribution in [1.82, 2.24) is 9.97 Å². The third-order valence-electron chi connectivity index (χ3n) is 9.27. The first-order valence-electron chi connectivity index (χ1n) is 17.5. The number of anilines is 2. The summed E-state index contributed by atoms with van der Waals surface area (Å²) >= 11 is 12.8. The third-order valence-corrected chi connectivity index (χ3v) is 10.7. The molecule has 0 unspecified atom stereocenters. The Labute approximate surface area is 321 Å². The Hall–Kier alpha value is -4.98. The minimum absolute atomic E-state index is 0.156. The molecule has 0 aliphatic heterocycles. The van der Waals surface area contributed by atoms with Crippen molar-refractivity contribution in [3.63, 3.8) is 0 Å². The first-order valence-corrected chi connectivity index (χ1v) is 19.0. The van der Waals surface area contributed by atoms with E-state index in [9.17, 15) is 9.59 Å². The van der Waals surface area contributed by atoms with E-state index in [-0.39, 0.29) is 24.5 Å². The van der Waals surface area contributed by atoms with Gasteiger partial charge in [0, 0.05) is 35.9 Å². The lowest BCUT2D eigenvalue weighted by Gasteiger charge is -2.28. The van der Waals surface area contributed by atoms with Crippen LogP contribution in [0.15, 0.2) is 76.8 Å². The summed E-state index contributed by atoms with van der Waals surface area (Å²) in [7, 11) is 0. The number of hydrogen-bond donors (Lipinski definition) is 2. The number of aromatic nitrogens is 2. The second kappa shape index (κ2) is 17.7. The van der Waals surface area contributed by atoms with Crippen LogP contribution in [0, 0.1) is 5.92 Å². The zero-order valence-corrected chi connectivity index (χ0v) is 31.6. The normalized spacial score (nSPS) is 15.7. The second-order valence-electron chi connectivity index (χ2n) is 12.8. The minimum Gasteiger partial charge on any atom is -0.493 e. The summed E-state index contributed by atoms with van der Waals surface area (Å²) in [5.41, 5.74) is 12.2. The maximum Gasteiger partial charge on any atom is 0.343 e. The lowest BCUT2D eigenvalue weighted by molar-refractivity contribution is -0.137. The number of benzene rings is 3. The van der Waals surface area contributed by atoms with Crippen molar-refractivity contribution < 1.29 is 23.8 Å². The molecule has 6 rings (SSSR count). The molecule has 0 radical (unpaired) electrons. The highest BCUT2D eigenvalue weighted by Gasteiger charge is 2.23. The molecule has 0 spiro atoms. The van der Waals surface area contributed by atoms with Crippen LogP contribution in [0.3, 0.4) is 0 Å². The number of nitrogens with two attached hydrogens (primary N) is 1. The highest BCUT2D eigenvalue weighted by Crippen LogP contribution is 2.40. The van der Waals surface area contributed by atoms with Crippen LogP contribution in [-0.2, 0) is 22.0 Å². The number of halogens is 1. The number of esters is 2. The second-order valence-corrected chi connectivity index (χ2v) is 14.3. The molecule has 53 heavy (non-hydrogen) atoms. The molecule has 2 heterocycles. The number of fused-ring (bicyclic) bond motifs is 2. The highest BCUT2D eigenvalue weighted by molar-refractivity contribution is 7.47. The summed E-state index contributed by atoms with van der Waals surface area (Å²) in [5, 5.41) is 6.96. The van der Waals surface area contributed by atoms with E-state index >= 15 is 0 Å². The Morgan fingerprint density at radius 1 is 1.11 bits per heavy atom. The summed E-state index contributed by atoms with van der Waals surface area (Å²) in [5.74, 6) is 0.986. The van der Waals surface area contributed by atoms with Crippen molar-refractivity contribution in [2.45, 2.75) is 57.8 Å². The molecule has 1 fully saturated rings. The van der Waals surface area contributed by atoms with Crippen LogP contribution in [-0.4, -0.2) is 41.3 Å². The number of hydrazone groups is 1. The molecule has 3 N–H and O–H groups in total. The van der Waals surface area contributed by atoms with Crippen molar-refractivity contribution in [2.75, 3.05) is 24.4 Å². The van der Waals surface area contributed by atoms with Crippen LogP contribution in [0.4, 0.5) is 16.5 Å². The molecular formula is C39H39ClN6O5S2. The third kappa shape index (κ3) is 9.16. The largest absolute Gasteiger partial charge is 0.493 e. The zero-order chi connectivity index (χ0) is 37.3. The SMILES string of the molecule is C=CC(=O)OCCCOc1ccc(C(=O)Oc2ccc3cc(C4CCC(CCC)CC4)ccc3c2Cl)cc1/C=N/Nc1nc2c(N)c(N=S)cnc2s1. The Morgan fingerprint density at radius 3 is 2.70 bits per heavy atom. The number of rotatable bonds is 15. The summed E-state index contributed by atoms with van der Waals surface area (Å²) in [6.07, 6.45) is 12.1. The number of carbonyl (C=O) groups is 2. The maximum atomic E-state index is 13.5. The number of thiazole rings is 1. The van der Waals surface area contributed by atoms with Gasteiger partial charge in [0.15, 0.2) is 0 Å². The average molecular weight is 771 g/mol. The van der Waals surface area contributed by atoms with Gasteiger partial charge in [-0.05, 0) is 72.7 Å². The maximum absolute atomic E-state index is 13.5. The minimum atomic E-state index is -0.604. The Morgan fingerprint density at radius 2 is 1.92 bits per heavy atom. The van der Waals surface area contributed by atoms with E-state index in [1.54, 1.807) is 24.3 Å². The van der Waals surface area contributed by atoms with Crippen LogP contribution >= 0.6 is 22.9 Å². The van der Waals surface area contributed by atoms with Crippen molar-refractivity contribution in [2.24, 2.45) is 15.4 Å². The summed E-state index contributed by atoms with van der Waals surface area (Å²) in [4.78, 5) is 34.2. The van der Waals surface area contributed by atoms with Crippen molar-refractivity contribution in [3.8, 4) is 11.5 Å². The monoisotopic (exact) mass is 770 g/mol. The van der Waals surface area contributed by atoms with Gasteiger partial charge in [-0.15, -0.1) is 0 Å². The van der Waals surface area contributed by atoms with Gasteiger partial charge in [-0.1, -0.05) is 73.5 Å². The van der Waals surface area contributed by atoms with E-state index < -0.39 is 11.9 Å². The number of carbonyl (C=O) groups excluding carboxylic acids is 2. The molecule has 1 aliphatic carbocycles. The molecule has 1 aliphatic rings. The van der Waals surface area contributed by atoms with Crippen LogP contribution in [0.2, 0.25) is 5.02 Å². The molecule has 2 aromatic heterocycles. The van der Waals surface area contributed by atoms with Gasteiger partial charge in [0.2, 0.25) is 5.13 Å². The predicted octanol–water partition coefficient (Wildman–Crippen LogP) is 9.68. The van der Waals surface area contributed by atoms with Crippen LogP contribution in [0.1, 0.15) is 79.3 Å². The van der Waals surface area contributed by atoms with Gasteiger partial charge in [0.25, 0.3) is 0 Å². The number of nitrogens with zero attached hydrogens (tertiary/aromatic N) is 4. The van der Waals surface area contributed by atoms with E-state index in [1.165, 1.54) is 67.8 Å². The molecule has 0 amide bonds. The number of nitrogen functional groups attached to an aromatic ring is 1. The van der Waals surface area contributed by atoms with Crippen molar-refractivity contribution in [1.29, 1.82) is 0 Å². The molecule has 274 valence electrons. The Kier molecular flexibility index (Phi) is 12.6. The molecule has 11 nitrogen and oxygen atoms in total. The molecule has 0 bridgehead atoms. The van der Waals surface area contributed by atoms with Crippen molar-refractivity contribution >= 4 is 91.1 Å². The molecular weight excluding hydrogens is 732 g/mol. The summed E-state index contributed by atoms with van der Waals surface area (Å²) in [6, 6.07) is 14.9. The van der Waals surface area contributed by atoms with Gasteiger partial charge in [-0.3, -0.25) is 5.43 Å². The van der Waals surface area contributed by atoms with E-state index in [2.05, 4.69) is 50.5 Å². The van der Waals surface area contributed by atoms with E-state index in [4.69, 9.17) is 44.0 Å². The van der Waals surface area contributed by atoms with Crippen LogP contribution in [0.25, 0.3) is 21.1 Å². The fourth-order valence-electron chi connectivity index (χ4n) is 6.52. The summed E-state index contributed by atoms with van der Waals surface area (Å²) < 4.78 is 20.5. The standard InChI is InChI=1S/C39H39ClN6O5S2/c1-3-6-23-7-9-24(10-8-23)25-11-14-29-26(19-25)12-16-32(34(29)40)51-38(48)27-13-15-31(49-17-5-18-50-33(47)4-2)28(20-27)21-43-45-39-44-36-35(41)30(46-52)22-42-37(36)53-39/h4,11-16,19-24H,2-3,5-10,17-18H2,1H3,(H2,41,42)(H,44,45)/b43-21+. The molecule has 3 aromatic carbocycles. The molecule has 5 aromatic rings. The Bertz CT molecular complexity index is 2180. The van der Waals surface area contributed by atoms with Crippen LogP contribution in [0.5, 0.6) is 11.5 Å². The average Bonchev–Trinajstić information content (AvgIpc) is 3.60. The number of pyridine rings is 1. The fourth-order valence-corrected chi connectivity index (χ4v) is 7.71. The lowest BCUT2D eigenvalue weighted by Crippen LogP contribution is -2.13. The van der Waals surface area contributed by atoms with E-state index in [1.807, 2.05) is 12.1 Å². The van der Waals surface area contributed by atoms with Crippen molar-refractivity contribution in [3.05, 3.63) is 89.1 Å². The quantitative estimate of drug-likeness (QED) is 0.0263. The first kappa shape index (κ1) is 37.8. The number of ether oxygens (including phenoxy) is 3. The number of hydrogen-bond acceptors (Lipinski definition) is 13. The molecule has 0 atom stereocenters. The fraction of sp³-hybridized carbons (Fsp3) is 0.308. The van der Waals surface area contributed by atoms with Gasteiger partial charge in [-0.25, -0.2) is 19.6 Å². The van der Waals surface area contributed by atoms with Gasteiger partial charge in [0.05, 0.1) is 41.9 Å². The van der Waals surface area contributed by atoms with E-state index in [0.717, 1.165) is 22.8 Å². The summed E-state index contributed by atoms with van der Waals surface area (Å²) in [6.45, 7) is 6.04. The number of nitrogens with one attached hydrogen (secondary N) is 1. The molecule has 1 saturated carbocycles. The highest BCUT2D eigenvalue weighted by atomic mass is 35.5. The first-order chi connectivity index (χ1) is 25.8. The predicted molar refractivity (Wildman–Crippen MR) is 214 cm³/mol. The molecule has 14 heteroatoms. The van der Waals surface area contributed by atoms with E-state index in [0.29, 0.717) is 55.5 Å². The zero-order valence-electron chi connectivity index (χ0n) is 29.2. The van der Waals surface area contributed by atoms with Gasteiger partial charge >= 0.3 is 11.9 Å². The molecule has 0 saturated heterocycles. The van der Waals surface area contributed by atoms with Gasteiger partial charge in [0.1, 0.15) is 27.5 Å². The van der Waals surface area contributed by atoms with Gasteiger partial charge < -0.3 is 19.9 Å². The van der Waals surface area contributed by atoms with Crippen LogP contribution < -0.4 is 20.6 Å². The Balaban J connectivity index is 1.18. The lowest BCUT2D eigenvalue weighted by atomic mass is 9.77. The topological polar surface area (TPSA) is 150 Å².